The van der Waals surface area contributed by atoms with Crippen molar-refractivity contribution in [1.29, 1.82) is 0 Å². The van der Waals surface area contributed by atoms with Gasteiger partial charge in [-0.1, -0.05) is 145 Å². The topological polar surface area (TPSA) is 37.8 Å². The van der Waals surface area contributed by atoms with Crippen LogP contribution in [0.1, 0.15) is 10.9 Å². The Morgan fingerprint density at radius 1 is 0.449 bits per heavy atom. The number of aromatic nitrogens is 2. The molecule has 0 bridgehead atoms. The third kappa shape index (κ3) is 4.92. The number of anilines is 1. The number of benzene rings is 8. The van der Waals surface area contributed by atoms with Gasteiger partial charge in [-0.3, -0.25) is 0 Å². The summed E-state index contributed by atoms with van der Waals surface area (Å²) in [5, 5.41) is 13.7. The molecule has 0 fully saturated rings. The first-order valence-corrected chi connectivity index (χ1v) is 17.5. The maximum Gasteiger partial charge on any atom is 0.160 e. The van der Waals surface area contributed by atoms with Gasteiger partial charge in [0.05, 0.1) is 17.1 Å². The number of hydrogen-bond acceptors (Lipinski definition) is 4. The molecule has 0 amide bonds. The maximum atomic E-state index is 5.21. The molecule has 4 heteroatoms. The number of thioether (sulfide) groups is 1. The van der Waals surface area contributed by atoms with E-state index < -0.39 is 0 Å². The van der Waals surface area contributed by atoms with Gasteiger partial charge in [0.25, 0.3) is 0 Å². The molecule has 49 heavy (non-hydrogen) atoms. The molecule has 9 aromatic rings. The van der Waals surface area contributed by atoms with Gasteiger partial charge in [0.15, 0.2) is 5.82 Å². The van der Waals surface area contributed by atoms with Gasteiger partial charge >= 0.3 is 0 Å². The molecule has 0 aliphatic carbocycles. The minimum absolute atomic E-state index is 0.191. The van der Waals surface area contributed by atoms with Crippen molar-refractivity contribution in [2.75, 3.05) is 5.32 Å². The number of nitrogens with zero attached hydrogens (tertiary/aromatic N) is 2. The summed E-state index contributed by atoms with van der Waals surface area (Å²) in [6, 6.07) is 58.5. The van der Waals surface area contributed by atoms with E-state index in [1.54, 1.807) is 0 Å². The molecule has 0 radical (unpaired) electrons. The van der Waals surface area contributed by atoms with Crippen LogP contribution in [0.25, 0.3) is 77.0 Å². The first kappa shape index (κ1) is 28.1. The molecule has 1 aliphatic rings. The van der Waals surface area contributed by atoms with Crippen molar-refractivity contribution in [2.24, 2.45) is 0 Å². The highest BCUT2D eigenvalue weighted by Crippen LogP contribution is 2.50. The summed E-state index contributed by atoms with van der Waals surface area (Å²) >= 11 is 1.88. The molecule has 1 unspecified atom stereocenters. The fourth-order valence-electron chi connectivity index (χ4n) is 7.15. The molecule has 3 nitrogen and oxygen atoms in total. The van der Waals surface area contributed by atoms with E-state index in [4.69, 9.17) is 9.97 Å². The fourth-order valence-corrected chi connectivity index (χ4v) is 8.30. The van der Waals surface area contributed by atoms with Crippen molar-refractivity contribution in [3.05, 3.63) is 169 Å². The number of nitrogens with one attached hydrogen (secondary N) is 1. The first-order valence-electron chi connectivity index (χ1n) is 16.6. The Kier molecular flexibility index (Phi) is 6.49. The highest BCUT2D eigenvalue weighted by atomic mass is 32.2. The minimum Gasteiger partial charge on any atom is -0.368 e. The second-order valence-electron chi connectivity index (χ2n) is 12.7. The normalized spacial score (nSPS) is 14.0. The van der Waals surface area contributed by atoms with E-state index in [9.17, 15) is 0 Å². The van der Waals surface area contributed by atoms with Crippen molar-refractivity contribution in [2.45, 2.75) is 10.3 Å². The molecular formula is C45H29N3S. The Hall–Kier alpha value is -5.97. The van der Waals surface area contributed by atoms with Gasteiger partial charge in [0.2, 0.25) is 0 Å². The molecule has 8 aromatic carbocycles. The summed E-state index contributed by atoms with van der Waals surface area (Å²) in [6.45, 7) is 0. The van der Waals surface area contributed by atoms with Crippen molar-refractivity contribution in [1.82, 2.24) is 9.97 Å². The van der Waals surface area contributed by atoms with Gasteiger partial charge in [0.1, 0.15) is 5.37 Å². The lowest BCUT2D eigenvalue weighted by Crippen LogP contribution is -2.01. The largest absolute Gasteiger partial charge is 0.368 e. The monoisotopic (exact) mass is 643 g/mol. The number of fused-ring (bicyclic) bond motifs is 7. The summed E-state index contributed by atoms with van der Waals surface area (Å²) in [6.07, 6.45) is 0. The van der Waals surface area contributed by atoms with E-state index in [2.05, 4.69) is 169 Å². The van der Waals surface area contributed by atoms with Crippen molar-refractivity contribution < 1.29 is 0 Å². The van der Waals surface area contributed by atoms with Gasteiger partial charge in [-0.05, 0) is 73.6 Å². The Morgan fingerprint density at radius 2 is 1.00 bits per heavy atom. The molecule has 2 heterocycles. The second-order valence-corrected chi connectivity index (χ2v) is 13.8. The lowest BCUT2D eigenvalue weighted by atomic mass is 9.98. The fraction of sp³-hybridized carbons (Fsp3) is 0.0222. The summed E-state index contributed by atoms with van der Waals surface area (Å²) in [7, 11) is 0. The maximum absolute atomic E-state index is 5.21. The van der Waals surface area contributed by atoms with Crippen molar-refractivity contribution in [3.8, 4) is 33.9 Å². The Labute approximate surface area is 288 Å². The summed E-state index contributed by atoms with van der Waals surface area (Å²) in [5.41, 5.74) is 7.44. The first-order chi connectivity index (χ1) is 24.2. The molecule has 1 aromatic heterocycles. The van der Waals surface area contributed by atoms with E-state index in [-0.39, 0.29) is 5.37 Å². The van der Waals surface area contributed by atoms with Crippen LogP contribution in [-0.4, -0.2) is 9.97 Å². The van der Waals surface area contributed by atoms with Crippen LogP contribution in [0.3, 0.4) is 0 Å². The third-order valence-corrected chi connectivity index (χ3v) is 10.9. The van der Waals surface area contributed by atoms with Crippen LogP contribution >= 0.6 is 11.8 Å². The van der Waals surface area contributed by atoms with Crippen LogP contribution in [0, 0.1) is 0 Å². The predicted octanol–water partition coefficient (Wildman–Crippen LogP) is 12.3. The van der Waals surface area contributed by atoms with Gasteiger partial charge in [-0.15, -0.1) is 0 Å². The average molecular weight is 644 g/mol. The molecule has 0 saturated heterocycles. The van der Waals surface area contributed by atoms with E-state index in [0.717, 1.165) is 28.1 Å². The number of rotatable bonds is 4. The van der Waals surface area contributed by atoms with Crippen molar-refractivity contribution in [3.63, 3.8) is 0 Å². The Bertz CT molecular complexity index is 2640. The van der Waals surface area contributed by atoms with Crippen LogP contribution in [-0.2, 0) is 0 Å². The standard InChI is InChI=1S/C45H29N3S/c1-2-10-31(11-3-1)45-48-43-41(49-45)23-21-30-16-17-34-26-37(20-22-38(34)42(30)43)44-46-39(35-18-14-28-8-4-6-12-32(28)24-35)27-40(47-44)36-19-15-29-9-5-7-13-33(29)25-36/h1-27,45,48H. The van der Waals surface area contributed by atoms with E-state index in [1.807, 2.05) is 11.8 Å². The molecule has 1 atom stereocenters. The highest BCUT2D eigenvalue weighted by molar-refractivity contribution is 8.00. The smallest absolute Gasteiger partial charge is 0.160 e. The summed E-state index contributed by atoms with van der Waals surface area (Å²) < 4.78 is 0. The van der Waals surface area contributed by atoms with E-state index in [1.165, 1.54) is 59.2 Å². The lowest BCUT2D eigenvalue weighted by Gasteiger charge is -2.13. The quantitative estimate of drug-likeness (QED) is 0.194. The molecule has 10 rings (SSSR count). The number of hydrogen-bond donors (Lipinski definition) is 1. The summed E-state index contributed by atoms with van der Waals surface area (Å²) in [5.74, 6) is 0.715. The van der Waals surface area contributed by atoms with Gasteiger partial charge in [-0.25, -0.2) is 9.97 Å². The third-order valence-electron chi connectivity index (χ3n) is 9.66. The van der Waals surface area contributed by atoms with Crippen LogP contribution in [0.5, 0.6) is 0 Å². The predicted molar refractivity (Wildman–Crippen MR) is 207 cm³/mol. The van der Waals surface area contributed by atoms with E-state index in [0.29, 0.717) is 5.82 Å². The van der Waals surface area contributed by atoms with Crippen molar-refractivity contribution >= 4 is 60.5 Å². The van der Waals surface area contributed by atoms with Crippen LogP contribution in [0.15, 0.2) is 169 Å². The molecule has 1 N–H and O–H groups in total. The van der Waals surface area contributed by atoms with Crippen LogP contribution in [0.2, 0.25) is 0 Å². The molecule has 0 saturated carbocycles. The van der Waals surface area contributed by atoms with Gasteiger partial charge in [0, 0.05) is 27.0 Å². The van der Waals surface area contributed by atoms with E-state index >= 15 is 0 Å². The zero-order chi connectivity index (χ0) is 32.3. The second kappa shape index (κ2) is 11.3. The van der Waals surface area contributed by atoms with Gasteiger partial charge in [-0.2, -0.15) is 0 Å². The van der Waals surface area contributed by atoms with Crippen LogP contribution < -0.4 is 5.32 Å². The minimum atomic E-state index is 0.191. The SMILES string of the molecule is c1ccc(C2Nc3c(ccc4ccc5cc(-c6nc(-c7ccc8ccccc8c7)cc(-c7ccc8ccccc8c7)n6)ccc5c34)S2)cc1. The highest BCUT2D eigenvalue weighted by Gasteiger charge is 2.25. The zero-order valence-electron chi connectivity index (χ0n) is 26.5. The van der Waals surface area contributed by atoms with Crippen LogP contribution in [0.4, 0.5) is 5.69 Å². The summed E-state index contributed by atoms with van der Waals surface area (Å²) in [4.78, 5) is 11.7. The van der Waals surface area contributed by atoms with Gasteiger partial charge < -0.3 is 5.32 Å². The lowest BCUT2D eigenvalue weighted by molar-refractivity contribution is 1.14. The molecular weight excluding hydrogens is 615 g/mol. The zero-order valence-corrected chi connectivity index (χ0v) is 27.3. The molecule has 230 valence electrons. The molecule has 1 aliphatic heterocycles. The average Bonchev–Trinajstić information content (AvgIpc) is 3.62. The Balaban J connectivity index is 1.12. The molecule has 0 spiro atoms. The Morgan fingerprint density at radius 3 is 1.69 bits per heavy atom.